The van der Waals surface area contributed by atoms with E-state index in [9.17, 15) is 0 Å². The fourth-order valence-electron chi connectivity index (χ4n) is 8.98. The minimum Gasteiger partial charge on any atom is -0.284 e. The number of aryl methyl sites for hydroxylation is 12. The fourth-order valence-corrected chi connectivity index (χ4v) is 10.2. The summed E-state index contributed by atoms with van der Waals surface area (Å²) >= 11 is 14.4. The van der Waals surface area contributed by atoms with Crippen molar-refractivity contribution in [3.63, 3.8) is 0 Å². The Morgan fingerprint density at radius 3 is 0.963 bits per heavy atom. The number of hydrogen-bond donors (Lipinski definition) is 0. The van der Waals surface area contributed by atoms with Crippen molar-refractivity contribution in [1.29, 1.82) is 0 Å². The summed E-state index contributed by atoms with van der Waals surface area (Å²) in [6, 6.07) is 31.2. The van der Waals surface area contributed by atoms with Crippen molar-refractivity contribution >= 4 is 47.0 Å². The van der Waals surface area contributed by atoms with E-state index in [0.29, 0.717) is 0 Å². The maximum absolute atomic E-state index is 7.19. The maximum atomic E-state index is 7.19. The Bertz CT molecular complexity index is 2210. The van der Waals surface area contributed by atoms with Crippen LogP contribution in [0.2, 0.25) is 0 Å². The number of aliphatic imine (C=N–C) groups is 1. The van der Waals surface area contributed by atoms with Crippen LogP contribution in [0.5, 0.6) is 0 Å². The van der Waals surface area contributed by atoms with E-state index < -0.39 is 6.78 Å². The van der Waals surface area contributed by atoms with Crippen LogP contribution < -0.4 is 4.67 Å². The van der Waals surface area contributed by atoms with Gasteiger partial charge in [-0.1, -0.05) is 130 Å². The molecule has 0 aliphatic heterocycles. The van der Waals surface area contributed by atoms with Gasteiger partial charge in [-0.25, -0.2) is 4.99 Å². The second-order valence-electron chi connectivity index (χ2n) is 15.3. The Labute approximate surface area is 334 Å². The quantitative estimate of drug-likeness (QED) is 0.0855. The van der Waals surface area contributed by atoms with Gasteiger partial charge < -0.3 is 0 Å². The molecule has 5 heteroatoms. The molecule has 0 N–H and O–H groups in total. The monoisotopic (exact) mass is 768 g/mol. The molecule has 0 unspecified atom stereocenters. The predicted molar refractivity (Wildman–Crippen MR) is 241 cm³/mol. The van der Waals surface area contributed by atoms with Crippen LogP contribution in [0.25, 0.3) is 44.5 Å². The third kappa shape index (κ3) is 7.67. The van der Waals surface area contributed by atoms with Crippen molar-refractivity contribution in [2.75, 3.05) is 4.67 Å². The van der Waals surface area contributed by atoms with Gasteiger partial charge in [0.25, 0.3) is 0 Å². The molecule has 2 nitrogen and oxygen atoms in total. The first-order valence-electron chi connectivity index (χ1n) is 18.6. The van der Waals surface area contributed by atoms with E-state index in [0.717, 1.165) is 33.6 Å². The van der Waals surface area contributed by atoms with Crippen molar-refractivity contribution in [2.45, 2.75) is 83.1 Å². The molecule has 6 rings (SSSR count). The van der Waals surface area contributed by atoms with Gasteiger partial charge in [0.2, 0.25) is 0 Å². The highest BCUT2D eigenvalue weighted by atomic mass is 35.9. The van der Waals surface area contributed by atoms with Crippen LogP contribution >= 0.6 is 29.3 Å². The smallest absolute Gasteiger partial charge is 0.193 e. The molecule has 0 spiro atoms. The number of anilines is 1. The molecule has 0 saturated carbocycles. The number of halogens is 2. The van der Waals surface area contributed by atoms with Crippen LogP contribution in [0.15, 0.2) is 89.9 Å². The third-order valence-electron chi connectivity index (χ3n) is 10.5. The van der Waals surface area contributed by atoms with Gasteiger partial charge in [-0.3, -0.25) is 4.67 Å². The van der Waals surface area contributed by atoms with Crippen LogP contribution in [-0.4, -0.2) is 6.34 Å². The van der Waals surface area contributed by atoms with Crippen molar-refractivity contribution < 1.29 is 0 Å². The van der Waals surface area contributed by atoms with Gasteiger partial charge in [-0.05, 0) is 150 Å². The van der Waals surface area contributed by atoms with E-state index in [4.69, 9.17) is 27.5 Å². The molecule has 0 fully saturated rings. The van der Waals surface area contributed by atoms with Gasteiger partial charge in [0.05, 0.1) is 11.4 Å². The first-order chi connectivity index (χ1) is 25.6. The highest BCUT2D eigenvalue weighted by Gasteiger charge is 2.26. The lowest BCUT2D eigenvalue weighted by atomic mass is 9.87. The topological polar surface area (TPSA) is 15.6 Å². The lowest BCUT2D eigenvalue weighted by Crippen LogP contribution is -2.14. The first kappa shape index (κ1) is 39.5. The zero-order valence-corrected chi connectivity index (χ0v) is 36.2. The molecule has 0 amide bonds. The van der Waals surface area contributed by atoms with Crippen molar-refractivity contribution in [2.24, 2.45) is 4.99 Å². The standard InChI is InChI=1S/C49H51Cl2N2P/c1-28-19-32(5)44(33(6)20-28)40-15-13-16-41(45-34(7)21-29(2)22-35(45)8)48(40)52-27-53(54(50)51)49-42(46-36(9)23-30(3)24-37(46)10)17-14-18-43(49)47-38(11)25-31(4)26-39(47)12/h13-27H,1-12H3. The molecule has 0 bridgehead atoms. The van der Waals surface area contributed by atoms with Crippen LogP contribution in [-0.2, 0) is 0 Å². The molecule has 0 atom stereocenters. The average Bonchev–Trinajstić information content (AvgIpc) is 3.04. The van der Waals surface area contributed by atoms with Crippen LogP contribution in [0.4, 0.5) is 11.4 Å². The largest absolute Gasteiger partial charge is 0.284 e. The Kier molecular flexibility index (Phi) is 11.6. The molecule has 0 radical (unpaired) electrons. The van der Waals surface area contributed by atoms with Gasteiger partial charge in [0, 0.05) is 22.3 Å². The summed E-state index contributed by atoms with van der Waals surface area (Å²) in [4.78, 5) is 5.50. The minimum absolute atomic E-state index is 0.891. The number of rotatable bonds is 8. The Hall–Kier alpha value is -4.20. The van der Waals surface area contributed by atoms with Crippen molar-refractivity contribution in [3.05, 3.63) is 152 Å². The summed E-state index contributed by atoms with van der Waals surface area (Å²) in [6.45, 7) is 24.4. The van der Waals surface area contributed by atoms with E-state index in [2.05, 4.69) is 168 Å². The van der Waals surface area contributed by atoms with Gasteiger partial charge in [0.1, 0.15) is 6.34 Å². The normalized spacial score (nSPS) is 11.6. The summed E-state index contributed by atoms with van der Waals surface area (Å²) in [5.74, 6) is 0. The molecule has 54 heavy (non-hydrogen) atoms. The number of benzene rings is 6. The zero-order valence-electron chi connectivity index (χ0n) is 33.8. The molecule has 6 aromatic carbocycles. The number of para-hydroxylation sites is 2. The SMILES string of the molecule is Cc1cc(C)c(-c2cccc(-c3c(C)cc(C)cc3C)c2N=CN(c2c(-c3c(C)cc(C)cc3C)cccc2-c2c(C)cc(C)cc2C)P(Cl)Cl)c(C)c1. The predicted octanol–water partition coefficient (Wildman–Crippen LogP) is 15.9. The Balaban J connectivity index is 1.70. The van der Waals surface area contributed by atoms with E-state index in [-0.39, 0.29) is 0 Å². The van der Waals surface area contributed by atoms with Crippen LogP contribution in [0.3, 0.4) is 0 Å². The van der Waals surface area contributed by atoms with E-state index >= 15 is 0 Å². The van der Waals surface area contributed by atoms with Crippen LogP contribution in [0, 0.1) is 83.1 Å². The van der Waals surface area contributed by atoms with Gasteiger partial charge in [-0.15, -0.1) is 0 Å². The molecule has 0 aliphatic carbocycles. The van der Waals surface area contributed by atoms with Gasteiger partial charge in [0.15, 0.2) is 6.78 Å². The fraction of sp³-hybridized carbons (Fsp3) is 0.245. The van der Waals surface area contributed by atoms with Crippen LogP contribution in [0.1, 0.15) is 66.8 Å². The summed E-state index contributed by atoms with van der Waals surface area (Å²) < 4.78 is 2.02. The molecular weight excluding hydrogens is 718 g/mol. The molecule has 0 aliphatic rings. The van der Waals surface area contributed by atoms with E-state index in [1.807, 2.05) is 11.0 Å². The first-order valence-corrected chi connectivity index (χ1v) is 21.7. The molecule has 0 heterocycles. The maximum Gasteiger partial charge on any atom is 0.193 e. The highest BCUT2D eigenvalue weighted by Crippen LogP contribution is 2.57. The minimum atomic E-state index is -1.73. The third-order valence-corrected chi connectivity index (χ3v) is 12.2. The van der Waals surface area contributed by atoms with Gasteiger partial charge in [-0.2, -0.15) is 0 Å². The zero-order chi connectivity index (χ0) is 39.2. The Morgan fingerprint density at radius 1 is 0.426 bits per heavy atom. The van der Waals surface area contributed by atoms with E-state index in [1.54, 1.807) is 0 Å². The molecule has 0 saturated heterocycles. The number of hydrogen-bond acceptors (Lipinski definition) is 1. The lowest BCUT2D eigenvalue weighted by molar-refractivity contribution is 1.30. The summed E-state index contributed by atoms with van der Waals surface area (Å²) in [6.07, 6.45) is 1.89. The number of nitrogens with zero attached hydrogens (tertiary/aromatic N) is 2. The summed E-state index contributed by atoms with van der Waals surface area (Å²) in [5, 5.41) is 0. The molecule has 6 aromatic rings. The lowest BCUT2D eigenvalue weighted by Gasteiger charge is -2.29. The van der Waals surface area contributed by atoms with Crippen molar-refractivity contribution in [1.82, 2.24) is 0 Å². The molecule has 0 aromatic heterocycles. The summed E-state index contributed by atoms with van der Waals surface area (Å²) in [7, 11) is 0. The highest BCUT2D eigenvalue weighted by molar-refractivity contribution is 8.05. The van der Waals surface area contributed by atoms with E-state index in [1.165, 1.54) is 89.0 Å². The summed E-state index contributed by atoms with van der Waals surface area (Å²) in [5.41, 5.74) is 25.6. The van der Waals surface area contributed by atoms with Crippen molar-refractivity contribution in [3.8, 4) is 44.5 Å². The van der Waals surface area contributed by atoms with Gasteiger partial charge >= 0.3 is 0 Å². The average molecular weight is 770 g/mol. The second-order valence-corrected chi connectivity index (χ2v) is 18.6. The molecular formula is C49H51Cl2N2P. The molecule has 276 valence electrons. The second kappa shape index (κ2) is 15.9. The Morgan fingerprint density at radius 2 is 0.685 bits per heavy atom.